The van der Waals surface area contributed by atoms with Gasteiger partial charge in [-0.25, -0.2) is 0 Å². The molecule has 80 valence electrons. The van der Waals surface area contributed by atoms with Crippen molar-refractivity contribution in [2.24, 2.45) is 5.92 Å². The van der Waals surface area contributed by atoms with Crippen LogP contribution in [-0.2, 0) is 4.79 Å². The first-order valence-corrected chi connectivity index (χ1v) is 4.82. The number of hydrogen-bond acceptors (Lipinski definition) is 2. The van der Waals surface area contributed by atoms with E-state index in [2.05, 4.69) is 18.3 Å². The number of aliphatic carboxylic acids is 1. The second-order valence-electron chi connectivity index (χ2n) is 3.47. The molecule has 0 bridgehead atoms. The quantitative estimate of drug-likeness (QED) is 0.808. The zero-order chi connectivity index (χ0) is 10.8. The molecule has 0 aromatic carbocycles. The summed E-state index contributed by atoms with van der Waals surface area (Å²) in [6.45, 7) is 4.20. The Morgan fingerprint density at radius 3 is 2.21 bits per heavy atom. The van der Waals surface area contributed by atoms with E-state index in [1.54, 1.807) is 12.5 Å². The lowest BCUT2D eigenvalue weighted by Gasteiger charge is -1.99. The zero-order valence-electron chi connectivity index (χ0n) is 8.77. The average molecular weight is 198 g/mol. The molecule has 14 heavy (non-hydrogen) atoms. The van der Waals surface area contributed by atoms with Gasteiger partial charge in [0.15, 0.2) is 0 Å². The van der Waals surface area contributed by atoms with Gasteiger partial charge in [-0.2, -0.15) is 0 Å². The highest BCUT2D eigenvalue weighted by atomic mass is 16.4. The number of carboxylic acid groups (broad SMARTS) is 1. The van der Waals surface area contributed by atoms with E-state index >= 15 is 0 Å². The Kier molecular flexibility index (Phi) is 7.61. The molecule has 1 N–H and O–H groups in total. The number of carboxylic acids is 1. The van der Waals surface area contributed by atoms with Gasteiger partial charge in [0.25, 0.3) is 0 Å². The highest BCUT2D eigenvalue weighted by Gasteiger charge is 1.97. The largest absolute Gasteiger partial charge is 0.481 e. The lowest BCUT2D eigenvalue weighted by atomic mass is 10.1. The fraction of sp³-hybridized carbons (Fsp3) is 0.545. The third-order valence-corrected chi connectivity index (χ3v) is 1.60. The lowest BCUT2D eigenvalue weighted by Crippen LogP contribution is -1.95. The van der Waals surface area contributed by atoms with Crippen LogP contribution in [0.25, 0.3) is 0 Å². The molecule has 0 radical (unpaired) electrons. The molecule has 1 aromatic rings. The maximum atomic E-state index is 9.98. The van der Waals surface area contributed by atoms with Gasteiger partial charge in [-0.15, -0.1) is 0 Å². The average Bonchev–Trinajstić information content (AvgIpc) is 2.58. The molecule has 1 aromatic heterocycles. The minimum absolute atomic E-state index is 0.318. The molecular formula is C11H18O3. The van der Waals surface area contributed by atoms with E-state index in [4.69, 9.17) is 5.11 Å². The lowest BCUT2D eigenvalue weighted by molar-refractivity contribution is -0.137. The van der Waals surface area contributed by atoms with Crippen molar-refractivity contribution in [3.8, 4) is 0 Å². The second-order valence-corrected chi connectivity index (χ2v) is 3.47. The topological polar surface area (TPSA) is 50.4 Å². The van der Waals surface area contributed by atoms with Crippen LogP contribution in [0.2, 0.25) is 0 Å². The summed E-state index contributed by atoms with van der Waals surface area (Å²) in [5, 5.41) is 8.23. The van der Waals surface area contributed by atoms with Gasteiger partial charge >= 0.3 is 5.97 Å². The van der Waals surface area contributed by atoms with Crippen LogP contribution < -0.4 is 0 Å². The number of furan rings is 1. The highest BCUT2D eigenvalue weighted by molar-refractivity contribution is 5.66. The Bertz CT molecular complexity index is 197. The number of rotatable bonds is 4. The van der Waals surface area contributed by atoms with Gasteiger partial charge in [-0.3, -0.25) is 4.79 Å². The van der Waals surface area contributed by atoms with Crippen molar-refractivity contribution >= 4 is 5.97 Å². The first kappa shape index (κ1) is 12.8. The van der Waals surface area contributed by atoms with Crippen LogP contribution in [0.1, 0.15) is 33.1 Å². The monoisotopic (exact) mass is 198 g/mol. The molecule has 0 unspecified atom stereocenters. The summed E-state index contributed by atoms with van der Waals surface area (Å²) >= 11 is 0. The molecule has 0 amide bonds. The van der Waals surface area contributed by atoms with E-state index in [1.807, 2.05) is 12.1 Å². The van der Waals surface area contributed by atoms with Crippen LogP contribution >= 0.6 is 0 Å². The first-order valence-electron chi connectivity index (χ1n) is 4.82. The van der Waals surface area contributed by atoms with E-state index in [-0.39, 0.29) is 0 Å². The fourth-order valence-corrected chi connectivity index (χ4v) is 0.888. The molecule has 1 rings (SSSR count). The van der Waals surface area contributed by atoms with Crippen molar-refractivity contribution in [1.29, 1.82) is 0 Å². The third-order valence-electron chi connectivity index (χ3n) is 1.60. The molecule has 0 atom stereocenters. The van der Waals surface area contributed by atoms with Crippen molar-refractivity contribution in [3.63, 3.8) is 0 Å². The van der Waals surface area contributed by atoms with Crippen LogP contribution in [0.4, 0.5) is 0 Å². The van der Waals surface area contributed by atoms with Crippen LogP contribution in [0.5, 0.6) is 0 Å². The Hall–Kier alpha value is -1.25. The third kappa shape index (κ3) is 10.8. The van der Waals surface area contributed by atoms with Crippen LogP contribution in [-0.4, -0.2) is 11.1 Å². The normalized spacial score (nSPS) is 9.36. The summed E-state index contributed by atoms with van der Waals surface area (Å²) in [4.78, 5) is 9.98. The summed E-state index contributed by atoms with van der Waals surface area (Å²) in [7, 11) is 0. The maximum absolute atomic E-state index is 9.98. The maximum Gasteiger partial charge on any atom is 0.303 e. The van der Waals surface area contributed by atoms with Crippen molar-refractivity contribution in [3.05, 3.63) is 24.7 Å². The molecule has 0 spiro atoms. The molecular weight excluding hydrogens is 180 g/mol. The molecule has 3 nitrogen and oxygen atoms in total. The van der Waals surface area contributed by atoms with Crippen LogP contribution in [0, 0.1) is 5.92 Å². The van der Waals surface area contributed by atoms with Gasteiger partial charge in [0.05, 0.1) is 12.5 Å². The SMILES string of the molecule is CC(C)CCCC(=O)O.c1ccoc1. The van der Waals surface area contributed by atoms with Crippen molar-refractivity contribution in [2.45, 2.75) is 33.1 Å². The van der Waals surface area contributed by atoms with Crippen LogP contribution in [0.3, 0.4) is 0 Å². The predicted molar refractivity (Wildman–Crippen MR) is 55.0 cm³/mol. The number of carbonyl (C=O) groups is 1. The summed E-state index contributed by atoms with van der Waals surface area (Å²) in [6.07, 6.45) is 5.40. The second kappa shape index (κ2) is 8.35. The minimum Gasteiger partial charge on any atom is -0.481 e. The minimum atomic E-state index is -0.685. The van der Waals surface area contributed by atoms with Gasteiger partial charge < -0.3 is 9.52 Å². The van der Waals surface area contributed by atoms with Gasteiger partial charge in [-0.1, -0.05) is 20.3 Å². The van der Waals surface area contributed by atoms with Gasteiger partial charge in [0, 0.05) is 6.42 Å². The zero-order valence-corrected chi connectivity index (χ0v) is 8.77. The van der Waals surface area contributed by atoms with E-state index < -0.39 is 5.97 Å². The molecule has 0 fully saturated rings. The van der Waals surface area contributed by atoms with E-state index in [0.717, 1.165) is 12.8 Å². The summed E-state index contributed by atoms with van der Waals surface area (Å²) in [6, 6.07) is 3.67. The summed E-state index contributed by atoms with van der Waals surface area (Å²) < 4.78 is 4.58. The molecule has 3 heteroatoms. The summed E-state index contributed by atoms with van der Waals surface area (Å²) in [5.41, 5.74) is 0. The van der Waals surface area contributed by atoms with Crippen molar-refractivity contribution in [1.82, 2.24) is 0 Å². The smallest absolute Gasteiger partial charge is 0.303 e. The number of hydrogen-bond donors (Lipinski definition) is 1. The fourth-order valence-electron chi connectivity index (χ4n) is 0.888. The molecule has 1 heterocycles. The molecule has 0 aliphatic heterocycles. The van der Waals surface area contributed by atoms with E-state index in [1.165, 1.54) is 0 Å². The molecule has 0 saturated carbocycles. The van der Waals surface area contributed by atoms with Crippen molar-refractivity contribution in [2.75, 3.05) is 0 Å². The van der Waals surface area contributed by atoms with Gasteiger partial charge in [0.2, 0.25) is 0 Å². The van der Waals surface area contributed by atoms with E-state index in [9.17, 15) is 4.79 Å². The van der Waals surface area contributed by atoms with Crippen LogP contribution in [0.15, 0.2) is 29.1 Å². The standard InChI is InChI=1S/C7H14O2.C4H4O/c1-6(2)4-3-5-7(8)9;1-2-4-5-3-1/h6H,3-5H2,1-2H3,(H,8,9);1-4H. The summed E-state index contributed by atoms with van der Waals surface area (Å²) in [5.74, 6) is -0.0556. The molecule has 0 aliphatic rings. The predicted octanol–water partition coefficient (Wildman–Crippen LogP) is 3.18. The Morgan fingerprint density at radius 1 is 1.36 bits per heavy atom. The first-order chi connectivity index (χ1) is 6.63. The molecule has 0 aliphatic carbocycles. The van der Waals surface area contributed by atoms with Gasteiger partial charge in [0.1, 0.15) is 0 Å². The Morgan fingerprint density at radius 2 is 1.93 bits per heavy atom. The van der Waals surface area contributed by atoms with Crippen molar-refractivity contribution < 1.29 is 14.3 Å². The Labute approximate surface area is 84.7 Å². The Balaban J connectivity index is 0.000000280. The van der Waals surface area contributed by atoms with E-state index in [0.29, 0.717) is 12.3 Å². The molecule has 0 saturated heterocycles. The highest BCUT2D eigenvalue weighted by Crippen LogP contribution is 2.05. The van der Waals surface area contributed by atoms with Gasteiger partial charge in [-0.05, 0) is 24.5 Å².